The first kappa shape index (κ1) is 11.9. The smallest absolute Gasteiger partial charge is 0.0741 e. The van der Waals surface area contributed by atoms with E-state index in [1.54, 1.807) is 12.4 Å². The van der Waals surface area contributed by atoms with Crippen LogP contribution in [0.2, 0.25) is 0 Å². The largest absolute Gasteiger partial charge is 0.265 e. The van der Waals surface area contributed by atoms with E-state index in [9.17, 15) is 0 Å². The van der Waals surface area contributed by atoms with E-state index in [4.69, 9.17) is 0 Å². The molecule has 3 rings (SSSR count). The summed E-state index contributed by atoms with van der Waals surface area (Å²) in [5, 5.41) is 5.65. The van der Waals surface area contributed by atoms with E-state index < -0.39 is 0 Å². The first-order valence-electron chi connectivity index (χ1n) is 6.44. The van der Waals surface area contributed by atoms with Crippen LogP contribution in [-0.2, 0) is 5.41 Å². The quantitative estimate of drug-likeness (QED) is 0.660. The summed E-state index contributed by atoms with van der Waals surface area (Å²) in [4.78, 5) is 4.04. The highest BCUT2D eigenvalue weighted by Crippen LogP contribution is 2.26. The lowest BCUT2D eigenvalue weighted by Gasteiger charge is -2.18. The van der Waals surface area contributed by atoms with Crippen molar-refractivity contribution < 1.29 is 0 Å². The van der Waals surface area contributed by atoms with Crippen molar-refractivity contribution in [1.82, 2.24) is 14.8 Å². The van der Waals surface area contributed by atoms with Gasteiger partial charge in [0.1, 0.15) is 0 Å². The van der Waals surface area contributed by atoms with Crippen LogP contribution in [0.15, 0.2) is 48.9 Å². The molecule has 0 radical (unpaired) electrons. The Kier molecular flexibility index (Phi) is 2.63. The Morgan fingerprint density at radius 3 is 2.42 bits per heavy atom. The van der Waals surface area contributed by atoms with Crippen molar-refractivity contribution in [2.75, 3.05) is 0 Å². The van der Waals surface area contributed by atoms with Crippen LogP contribution < -0.4 is 0 Å². The molecule has 0 aliphatic rings. The second-order valence-corrected chi connectivity index (χ2v) is 5.79. The van der Waals surface area contributed by atoms with Gasteiger partial charge in [-0.05, 0) is 35.2 Å². The van der Waals surface area contributed by atoms with Gasteiger partial charge in [0, 0.05) is 17.8 Å². The van der Waals surface area contributed by atoms with Gasteiger partial charge in [-0.2, -0.15) is 5.10 Å². The Morgan fingerprint density at radius 1 is 1.00 bits per heavy atom. The van der Waals surface area contributed by atoms with Gasteiger partial charge >= 0.3 is 0 Å². The van der Waals surface area contributed by atoms with E-state index in [0.29, 0.717) is 0 Å². The topological polar surface area (TPSA) is 30.7 Å². The van der Waals surface area contributed by atoms with E-state index in [1.807, 2.05) is 23.0 Å². The van der Waals surface area contributed by atoms with Crippen LogP contribution in [0, 0.1) is 0 Å². The second-order valence-electron chi connectivity index (χ2n) is 5.79. The molecule has 19 heavy (non-hydrogen) atoms. The molecule has 2 aromatic heterocycles. The maximum Gasteiger partial charge on any atom is 0.0741 e. The molecule has 96 valence electrons. The molecule has 0 spiro atoms. The standard InChI is InChI=1S/C16H17N3/c1-16(2,3)13-4-5-15-12(10-13)11-18-19(15)14-6-8-17-9-7-14/h4-11H,1-3H3. The molecule has 3 heteroatoms. The summed E-state index contributed by atoms with van der Waals surface area (Å²) in [5.41, 5.74) is 3.65. The summed E-state index contributed by atoms with van der Waals surface area (Å²) >= 11 is 0. The maximum atomic E-state index is 4.48. The molecule has 0 saturated heterocycles. The van der Waals surface area contributed by atoms with Gasteiger partial charge in [0.15, 0.2) is 0 Å². The maximum absolute atomic E-state index is 4.48. The molecule has 0 fully saturated rings. The van der Waals surface area contributed by atoms with Gasteiger partial charge in [0.05, 0.1) is 17.4 Å². The minimum Gasteiger partial charge on any atom is -0.265 e. The fourth-order valence-electron chi connectivity index (χ4n) is 2.19. The van der Waals surface area contributed by atoms with Crippen molar-refractivity contribution in [1.29, 1.82) is 0 Å². The number of benzene rings is 1. The van der Waals surface area contributed by atoms with Crippen molar-refractivity contribution in [3.05, 3.63) is 54.5 Å². The molecule has 0 amide bonds. The summed E-state index contributed by atoms with van der Waals surface area (Å²) in [5.74, 6) is 0. The van der Waals surface area contributed by atoms with Gasteiger partial charge < -0.3 is 0 Å². The third-order valence-corrected chi connectivity index (χ3v) is 3.34. The second kappa shape index (κ2) is 4.19. The van der Waals surface area contributed by atoms with E-state index in [0.717, 1.165) is 11.2 Å². The molecule has 3 nitrogen and oxygen atoms in total. The molecule has 0 bridgehead atoms. The zero-order chi connectivity index (χ0) is 13.5. The van der Waals surface area contributed by atoms with E-state index >= 15 is 0 Å². The Morgan fingerprint density at radius 2 is 1.74 bits per heavy atom. The number of hydrogen-bond acceptors (Lipinski definition) is 2. The van der Waals surface area contributed by atoms with E-state index in [-0.39, 0.29) is 5.41 Å². The van der Waals surface area contributed by atoms with Crippen molar-refractivity contribution in [3.63, 3.8) is 0 Å². The Labute approximate surface area is 112 Å². The SMILES string of the molecule is CC(C)(C)c1ccc2c(cnn2-c2ccncc2)c1. The molecule has 0 aliphatic heterocycles. The fraction of sp³-hybridized carbons (Fsp3) is 0.250. The average molecular weight is 251 g/mol. The fourth-order valence-corrected chi connectivity index (χ4v) is 2.19. The predicted octanol–water partition coefficient (Wildman–Crippen LogP) is 3.72. The van der Waals surface area contributed by atoms with Gasteiger partial charge in [0.2, 0.25) is 0 Å². The van der Waals surface area contributed by atoms with Crippen molar-refractivity contribution in [2.45, 2.75) is 26.2 Å². The summed E-state index contributed by atoms with van der Waals surface area (Å²) in [6.45, 7) is 6.67. The zero-order valence-electron chi connectivity index (χ0n) is 11.5. The highest BCUT2D eigenvalue weighted by Gasteiger charge is 2.15. The van der Waals surface area contributed by atoms with Gasteiger partial charge in [-0.3, -0.25) is 4.98 Å². The lowest BCUT2D eigenvalue weighted by Crippen LogP contribution is -2.10. The van der Waals surface area contributed by atoms with Gasteiger partial charge in [-0.15, -0.1) is 0 Å². The van der Waals surface area contributed by atoms with Crippen LogP contribution in [0.5, 0.6) is 0 Å². The van der Waals surface area contributed by atoms with E-state index in [2.05, 4.69) is 49.1 Å². The number of fused-ring (bicyclic) bond motifs is 1. The first-order chi connectivity index (χ1) is 9.05. The molecule has 0 atom stereocenters. The van der Waals surface area contributed by atoms with Crippen LogP contribution >= 0.6 is 0 Å². The van der Waals surface area contributed by atoms with Gasteiger partial charge in [-0.25, -0.2) is 4.68 Å². The highest BCUT2D eigenvalue weighted by molar-refractivity contribution is 5.81. The molecule has 0 saturated carbocycles. The number of aromatic nitrogens is 3. The predicted molar refractivity (Wildman–Crippen MR) is 77.6 cm³/mol. The third kappa shape index (κ3) is 2.12. The van der Waals surface area contributed by atoms with E-state index in [1.165, 1.54) is 10.9 Å². The first-order valence-corrected chi connectivity index (χ1v) is 6.44. The number of pyridine rings is 1. The minimum absolute atomic E-state index is 0.160. The minimum atomic E-state index is 0.160. The number of nitrogens with zero attached hydrogens (tertiary/aromatic N) is 3. The Balaban J connectivity index is 2.16. The summed E-state index contributed by atoms with van der Waals surface area (Å²) < 4.78 is 1.95. The average Bonchev–Trinajstić information content (AvgIpc) is 2.81. The molecule has 1 aromatic carbocycles. The van der Waals surface area contributed by atoms with Crippen molar-refractivity contribution in [3.8, 4) is 5.69 Å². The van der Waals surface area contributed by atoms with Crippen molar-refractivity contribution >= 4 is 10.9 Å². The normalized spacial score (nSPS) is 11.9. The molecule has 3 aromatic rings. The molecule has 0 aliphatic carbocycles. The number of hydrogen-bond donors (Lipinski definition) is 0. The summed E-state index contributed by atoms with van der Waals surface area (Å²) in [6.07, 6.45) is 5.49. The van der Waals surface area contributed by atoms with Gasteiger partial charge in [0.25, 0.3) is 0 Å². The van der Waals surface area contributed by atoms with Crippen LogP contribution in [-0.4, -0.2) is 14.8 Å². The monoisotopic (exact) mass is 251 g/mol. The van der Waals surface area contributed by atoms with Crippen LogP contribution in [0.25, 0.3) is 16.6 Å². The van der Waals surface area contributed by atoms with Crippen LogP contribution in [0.3, 0.4) is 0 Å². The van der Waals surface area contributed by atoms with Crippen LogP contribution in [0.4, 0.5) is 0 Å². The molecule has 2 heterocycles. The Hall–Kier alpha value is -2.16. The molecular weight excluding hydrogens is 234 g/mol. The van der Waals surface area contributed by atoms with Gasteiger partial charge in [-0.1, -0.05) is 26.8 Å². The lowest BCUT2D eigenvalue weighted by molar-refractivity contribution is 0.591. The summed E-state index contributed by atoms with van der Waals surface area (Å²) in [7, 11) is 0. The zero-order valence-corrected chi connectivity index (χ0v) is 11.5. The molecular formula is C16H17N3. The highest BCUT2D eigenvalue weighted by atomic mass is 15.3. The van der Waals surface area contributed by atoms with Crippen molar-refractivity contribution in [2.24, 2.45) is 0 Å². The van der Waals surface area contributed by atoms with Crippen LogP contribution in [0.1, 0.15) is 26.3 Å². The Bertz CT molecular complexity index is 706. The third-order valence-electron chi connectivity index (χ3n) is 3.34. The summed E-state index contributed by atoms with van der Waals surface area (Å²) in [6, 6.07) is 10.5. The molecule has 0 N–H and O–H groups in total. The lowest BCUT2D eigenvalue weighted by atomic mass is 9.86. The molecule has 0 unspecified atom stereocenters. The number of rotatable bonds is 1.